The lowest BCUT2D eigenvalue weighted by Gasteiger charge is -2.35. The Balaban J connectivity index is 1.35. The molecular weight excluding hydrogens is 409 g/mol. The van der Waals surface area contributed by atoms with E-state index in [9.17, 15) is 4.79 Å². The zero-order chi connectivity index (χ0) is 20.2. The first-order valence-corrected chi connectivity index (χ1v) is 10.9. The molecule has 4 rings (SSSR count). The van der Waals surface area contributed by atoms with E-state index < -0.39 is 0 Å². The molecule has 2 aliphatic heterocycles. The van der Waals surface area contributed by atoms with E-state index in [1.54, 1.807) is 18.5 Å². The number of likely N-dealkylation sites (tertiary alicyclic amines) is 1. The molecule has 8 heteroatoms. The number of amides is 1. The summed E-state index contributed by atoms with van der Waals surface area (Å²) in [5.41, 5.74) is 1.59. The average molecular weight is 434 g/mol. The predicted octanol–water partition coefficient (Wildman–Crippen LogP) is 3.73. The van der Waals surface area contributed by atoms with Crippen molar-refractivity contribution in [3.63, 3.8) is 0 Å². The summed E-state index contributed by atoms with van der Waals surface area (Å²) in [4.78, 5) is 28.0. The summed E-state index contributed by atoms with van der Waals surface area (Å²) in [6, 6.07) is 5.60. The van der Waals surface area contributed by atoms with Gasteiger partial charge >= 0.3 is 0 Å². The van der Waals surface area contributed by atoms with E-state index in [-0.39, 0.29) is 5.91 Å². The lowest BCUT2D eigenvalue weighted by molar-refractivity contribution is 0.0724. The zero-order valence-electron chi connectivity index (χ0n) is 16.4. The molecule has 2 aromatic heterocycles. The van der Waals surface area contributed by atoms with E-state index in [0.717, 1.165) is 70.2 Å². The highest BCUT2D eigenvalue weighted by Gasteiger charge is 2.23. The number of aromatic nitrogens is 2. The van der Waals surface area contributed by atoms with Gasteiger partial charge in [0.2, 0.25) is 0 Å². The van der Waals surface area contributed by atoms with Crippen LogP contribution in [0.4, 0.5) is 5.82 Å². The molecule has 4 heterocycles. The lowest BCUT2D eigenvalue weighted by atomic mass is 10.1. The summed E-state index contributed by atoms with van der Waals surface area (Å²) in [5.74, 6) is 0.789. The number of piperidine rings is 1. The van der Waals surface area contributed by atoms with E-state index in [1.165, 1.54) is 6.42 Å². The zero-order valence-corrected chi connectivity index (χ0v) is 17.9. The second kappa shape index (κ2) is 9.28. The van der Waals surface area contributed by atoms with Crippen LogP contribution in [0.25, 0.3) is 0 Å². The third kappa shape index (κ3) is 5.00. The molecule has 0 spiro atoms. The summed E-state index contributed by atoms with van der Waals surface area (Å²) in [5, 5.41) is 1.20. The van der Waals surface area contributed by atoms with Crippen LogP contribution in [0.5, 0.6) is 0 Å². The molecule has 0 radical (unpaired) electrons. The summed E-state index contributed by atoms with van der Waals surface area (Å²) < 4.78 is 0. The summed E-state index contributed by atoms with van der Waals surface area (Å²) >= 11 is 12.4. The third-order valence-corrected chi connectivity index (χ3v) is 6.06. The standard InChI is InChI=1S/C21H25Cl2N5O/c22-17-4-5-18(24-14-17)15-26-8-10-27(11-9-26)20-19(23)12-16(13-25-20)21(29)28-6-2-1-3-7-28/h4-5,12-14H,1-3,6-11,15H2. The number of anilines is 1. The third-order valence-electron chi connectivity index (χ3n) is 5.56. The van der Waals surface area contributed by atoms with E-state index in [2.05, 4.69) is 19.8 Å². The minimum Gasteiger partial charge on any atom is -0.353 e. The number of hydrogen-bond donors (Lipinski definition) is 0. The fourth-order valence-corrected chi connectivity index (χ4v) is 4.30. The van der Waals surface area contributed by atoms with Crippen LogP contribution >= 0.6 is 23.2 Å². The van der Waals surface area contributed by atoms with Gasteiger partial charge in [-0.2, -0.15) is 0 Å². The number of rotatable bonds is 4. The van der Waals surface area contributed by atoms with Crippen molar-refractivity contribution >= 4 is 34.9 Å². The van der Waals surface area contributed by atoms with Gasteiger partial charge in [0.1, 0.15) is 5.82 Å². The number of halogens is 2. The van der Waals surface area contributed by atoms with Gasteiger partial charge in [-0.1, -0.05) is 23.2 Å². The lowest BCUT2D eigenvalue weighted by Crippen LogP contribution is -2.46. The number of carbonyl (C=O) groups is 1. The fraction of sp³-hybridized carbons (Fsp3) is 0.476. The Morgan fingerprint density at radius 1 is 0.931 bits per heavy atom. The SMILES string of the molecule is O=C(c1cnc(N2CCN(Cc3ccc(Cl)cn3)CC2)c(Cl)c1)N1CCCCC1. The highest BCUT2D eigenvalue weighted by molar-refractivity contribution is 6.33. The normalized spacial score (nSPS) is 18.1. The van der Waals surface area contributed by atoms with E-state index in [4.69, 9.17) is 23.2 Å². The fourth-order valence-electron chi connectivity index (χ4n) is 3.91. The van der Waals surface area contributed by atoms with Gasteiger partial charge in [-0.25, -0.2) is 4.98 Å². The first-order valence-electron chi connectivity index (χ1n) is 10.1. The Kier molecular flexibility index (Phi) is 6.53. The summed E-state index contributed by atoms with van der Waals surface area (Å²) in [6.45, 7) is 5.91. The first-order chi connectivity index (χ1) is 14.1. The van der Waals surface area contributed by atoms with Crippen molar-refractivity contribution < 1.29 is 4.79 Å². The molecule has 2 aliphatic rings. The maximum atomic E-state index is 12.7. The molecule has 0 unspecified atom stereocenters. The summed E-state index contributed by atoms with van der Waals surface area (Å²) in [7, 11) is 0. The first kappa shape index (κ1) is 20.4. The van der Waals surface area contributed by atoms with Gasteiger partial charge < -0.3 is 9.80 Å². The molecule has 0 saturated carbocycles. The Labute approximate surface area is 181 Å². The van der Waals surface area contributed by atoms with Crippen LogP contribution in [-0.4, -0.2) is 64.9 Å². The van der Waals surface area contributed by atoms with Gasteiger partial charge in [-0.3, -0.25) is 14.7 Å². The van der Waals surface area contributed by atoms with Crippen LogP contribution in [-0.2, 0) is 6.54 Å². The van der Waals surface area contributed by atoms with Crippen LogP contribution < -0.4 is 4.90 Å². The van der Waals surface area contributed by atoms with Crippen LogP contribution in [0.2, 0.25) is 10.0 Å². The topological polar surface area (TPSA) is 52.6 Å². The van der Waals surface area contributed by atoms with Crippen LogP contribution in [0.1, 0.15) is 35.3 Å². The Hall–Kier alpha value is -1.89. The second-order valence-electron chi connectivity index (χ2n) is 7.61. The minimum atomic E-state index is 0.0333. The molecule has 29 heavy (non-hydrogen) atoms. The molecule has 0 atom stereocenters. The summed E-state index contributed by atoms with van der Waals surface area (Å²) in [6.07, 6.45) is 6.69. The molecule has 1 amide bonds. The largest absolute Gasteiger partial charge is 0.353 e. The molecule has 0 aromatic carbocycles. The van der Waals surface area contributed by atoms with Crippen molar-refractivity contribution in [2.75, 3.05) is 44.2 Å². The van der Waals surface area contributed by atoms with E-state index in [1.807, 2.05) is 17.0 Å². The number of piperazine rings is 1. The number of carbonyl (C=O) groups excluding carboxylic acids is 1. The molecule has 2 aromatic rings. The molecule has 6 nitrogen and oxygen atoms in total. The van der Waals surface area contributed by atoms with E-state index in [0.29, 0.717) is 15.6 Å². The van der Waals surface area contributed by atoms with Gasteiger partial charge in [-0.15, -0.1) is 0 Å². The predicted molar refractivity (Wildman–Crippen MR) is 116 cm³/mol. The monoisotopic (exact) mass is 433 g/mol. The van der Waals surface area contributed by atoms with Gasteiger partial charge in [0, 0.05) is 58.2 Å². The molecular formula is C21H25Cl2N5O. The van der Waals surface area contributed by atoms with Crippen molar-refractivity contribution in [1.29, 1.82) is 0 Å². The van der Waals surface area contributed by atoms with Gasteiger partial charge in [-0.05, 0) is 37.5 Å². The van der Waals surface area contributed by atoms with Crippen LogP contribution in [0.15, 0.2) is 30.6 Å². The van der Waals surface area contributed by atoms with Crippen molar-refractivity contribution in [2.45, 2.75) is 25.8 Å². The van der Waals surface area contributed by atoms with Gasteiger partial charge in [0.25, 0.3) is 5.91 Å². The van der Waals surface area contributed by atoms with Crippen LogP contribution in [0.3, 0.4) is 0 Å². The molecule has 2 saturated heterocycles. The Bertz CT molecular complexity index is 847. The number of nitrogens with zero attached hydrogens (tertiary/aromatic N) is 5. The maximum Gasteiger partial charge on any atom is 0.255 e. The average Bonchev–Trinajstić information content (AvgIpc) is 2.76. The second-order valence-corrected chi connectivity index (χ2v) is 8.46. The van der Waals surface area contributed by atoms with Gasteiger partial charge in [0.05, 0.1) is 21.3 Å². The molecule has 0 N–H and O–H groups in total. The quantitative estimate of drug-likeness (QED) is 0.734. The minimum absolute atomic E-state index is 0.0333. The highest BCUT2D eigenvalue weighted by Crippen LogP contribution is 2.26. The number of pyridine rings is 2. The van der Waals surface area contributed by atoms with Crippen LogP contribution in [0, 0.1) is 0 Å². The van der Waals surface area contributed by atoms with Crippen molar-refractivity contribution in [2.24, 2.45) is 0 Å². The van der Waals surface area contributed by atoms with Crippen molar-refractivity contribution in [3.05, 3.63) is 51.9 Å². The Morgan fingerprint density at radius 2 is 1.69 bits per heavy atom. The smallest absolute Gasteiger partial charge is 0.255 e. The van der Waals surface area contributed by atoms with E-state index >= 15 is 0 Å². The molecule has 0 aliphatic carbocycles. The van der Waals surface area contributed by atoms with Crippen molar-refractivity contribution in [1.82, 2.24) is 19.8 Å². The maximum absolute atomic E-state index is 12.7. The highest BCUT2D eigenvalue weighted by atomic mass is 35.5. The molecule has 154 valence electrons. The Morgan fingerprint density at radius 3 is 2.34 bits per heavy atom. The molecule has 0 bridgehead atoms. The van der Waals surface area contributed by atoms with Gasteiger partial charge in [0.15, 0.2) is 0 Å². The number of hydrogen-bond acceptors (Lipinski definition) is 5. The van der Waals surface area contributed by atoms with Crippen molar-refractivity contribution in [3.8, 4) is 0 Å². The molecule has 2 fully saturated rings.